The van der Waals surface area contributed by atoms with Crippen LogP contribution in [0.4, 0.5) is 10.8 Å². The molecule has 2 aromatic rings. The largest absolute Gasteiger partial charge is 0.375 e. The number of hydrogen-bond acceptors (Lipinski definition) is 4. The second-order valence-corrected chi connectivity index (χ2v) is 3.79. The molecular formula is C8H7N3S2. The molecule has 2 rings (SSSR count). The Morgan fingerprint density at radius 2 is 2.38 bits per heavy atom. The van der Waals surface area contributed by atoms with Crippen molar-refractivity contribution in [2.45, 2.75) is 0 Å². The van der Waals surface area contributed by atoms with Crippen molar-refractivity contribution in [3.05, 3.63) is 18.2 Å². The van der Waals surface area contributed by atoms with Gasteiger partial charge in [0, 0.05) is 5.69 Å². The van der Waals surface area contributed by atoms with Crippen LogP contribution in [-0.4, -0.2) is 10.5 Å². The summed E-state index contributed by atoms with van der Waals surface area (Å²) in [7, 11) is 0. The van der Waals surface area contributed by atoms with Gasteiger partial charge in [0.1, 0.15) is 0 Å². The average molecular weight is 209 g/mol. The zero-order valence-corrected chi connectivity index (χ0v) is 8.28. The lowest BCUT2D eigenvalue weighted by Crippen LogP contribution is -1.90. The fourth-order valence-electron chi connectivity index (χ4n) is 1.10. The van der Waals surface area contributed by atoms with Crippen molar-refractivity contribution in [1.82, 2.24) is 4.98 Å². The molecule has 0 aliphatic carbocycles. The van der Waals surface area contributed by atoms with Crippen molar-refractivity contribution in [2.75, 3.05) is 11.1 Å². The van der Waals surface area contributed by atoms with Gasteiger partial charge in [0.15, 0.2) is 5.13 Å². The Balaban J connectivity index is 2.54. The van der Waals surface area contributed by atoms with Crippen LogP contribution in [0.25, 0.3) is 10.2 Å². The van der Waals surface area contributed by atoms with Gasteiger partial charge in [0.05, 0.1) is 15.7 Å². The molecule has 0 atom stereocenters. The summed E-state index contributed by atoms with van der Waals surface area (Å²) in [6.45, 7) is 0. The second kappa shape index (κ2) is 3.27. The normalized spacial score (nSPS) is 10.2. The van der Waals surface area contributed by atoms with Gasteiger partial charge in [-0.2, -0.15) is 0 Å². The molecule has 0 saturated carbocycles. The molecule has 0 amide bonds. The molecule has 1 aromatic heterocycles. The van der Waals surface area contributed by atoms with Crippen LogP contribution in [0.5, 0.6) is 0 Å². The van der Waals surface area contributed by atoms with Gasteiger partial charge < -0.3 is 11.1 Å². The molecule has 5 heteroatoms. The van der Waals surface area contributed by atoms with Crippen LogP contribution >= 0.6 is 23.6 Å². The zero-order valence-electron chi connectivity index (χ0n) is 6.65. The van der Waals surface area contributed by atoms with Gasteiger partial charge >= 0.3 is 0 Å². The predicted molar refractivity (Wildman–Crippen MR) is 61.3 cm³/mol. The molecule has 3 N–H and O–H groups in total. The van der Waals surface area contributed by atoms with E-state index in [-0.39, 0.29) is 0 Å². The first-order valence-corrected chi connectivity index (χ1v) is 4.94. The molecule has 0 aliphatic heterocycles. The maximum atomic E-state index is 5.57. The molecule has 0 unspecified atom stereocenters. The van der Waals surface area contributed by atoms with Crippen molar-refractivity contribution in [2.24, 2.45) is 0 Å². The highest BCUT2D eigenvalue weighted by molar-refractivity contribution is 7.79. The Morgan fingerprint density at radius 3 is 3.15 bits per heavy atom. The predicted octanol–water partition coefficient (Wildman–Crippen LogP) is 2.25. The number of rotatable bonds is 2. The molecule has 3 nitrogen and oxygen atoms in total. The van der Waals surface area contributed by atoms with Crippen LogP contribution in [0.2, 0.25) is 0 Å². The molecule has 0 spiro atoms. The Bertz CT molecular complexity index is 450. The molecule has 0 saturated heterocycles. The maximum absolute atomic E-state index is 5.57. The number of thiazole rings is 1. The van der Waals surface area contributed by atoms with E-state index in [4.69, 9.17) is 5.73 Å². The lowest BCUT2D eigenvalue weighted by atomic mass is 10.3. The van der Waals surface area contributed by atoms with Gasteiger partial charge in [-0.25, -0.2) is 4.98 Å². The van der Waals surface area contributed by atoms with Crippen LogP contribution in [-0.2, 0) is 0 Å². The number of benzene rings is 1. The summed E-state index contributed by atoms with van der Waals surface area (Å²) in [5, 5.41) is 3.53. The van der Waals surface area contributed by atoms with Gasteiger partial charge in [-0.05, 0) is 18.2 Å². The summed E-state index contributed by atoms with van der Waals surface area (Å²) in [6, 6.07) is 5.82. The van der Waals surface area contributed by atoms with E-state index in [1.54, 1.807) is 0 Å². The fraction of sp³-hybridized carbons (Fsp3) is 0. The van der Waals surface area contributed by atoms with E-state index in [1.807, 2.05) is 18.2 Å². The number of nitrogen functional groups attached to an aromatic ring is 1. The lowest BCUT2D eigenvalue weighted by Gasteiger charge is -1.97. The number of fused-ring (bicyclic) bond motifs is 1. The molecule has 1 heterocycles. The van der Waals surface area contributed by atoms with E-state index in [9.17, 15) is 0 Å². The van der Waals surface area contributed by atoms with E-state index >= 15 is 0 Å². The summed E-state index contributed by atoms with van der Waals surface area (Å²) in [5.41, 5.74) is 8.94. The summed E-state index contributed by atoms with van der Waals surface area (Å²) < 4.78 is 1.07. The number of nitrogens with one attached hydrogen (secondary N) is 1. The molecule has 13 heavy (non-hydrogen) atoms. The number of thiocarbonyl (C=S) groups is 1. The number of nitrogens with two attached hydrogens (primary N) is 1. The minimum absolute atomic E-state index is 0.592. The van der Waals surface area contributed by atoms with E-state index in [0.717, 1.165) is 15.9 Å². The standard InChI is InChI=1S/C8H7N3S2/c9-8-11-6-2-1-5(10-4-12)3-7(6)13-8/h1-4H,(H2,9,11)(H,10,12). The van der Waals surface area contributed by atoms with Crippen LogP contribution in [0, 0.1) is 0 Å². The first kappa shape index (κ1) is 8.40. The summed E-state index contributed by atoms with van der Waals surface area (Å²) >= 11 is 6.16. The smallest absolute Gasteiger partial charge is 0.181 e. The van der Waals surface area contributed by atoms with E-state index in [1.165, 1.54) is 16.8 Å². The molecule has 0 aliphatic rings. The number of hydrogen-bond donors (Lipinski definition) is 2. The summed E-state index contributed by atoms with van der Waals surface area (Å²) in [4.78, 5) is 4.15. The number of aromatic nitrogens is 1. The monoisotopic (exact) mass is 209 g/mol. The van der Waals surface area contributed by atoms with Gasteiger partial charge in [-0.1, -0.05) is 23.6 Å². The second-order valence-electron chi connectivity index (χ2n) is 2.50. The molecule has 66 valence electrons. The summed E-state index contributed by atoms with van der Waals surface area (Å²) in [5.74, 6) is 0. The average Bonchev–Trinajstić information content (AvgIpc) is 2.44. The Labute approximate surface area is 84.6 Å². The fourth-order valence-corrected chi connectivity index (χ4v) is 2.01. The first-order chi connectivity index (χ1) is 6.29. The maximum Gasteiger partial charge on any atom is 0.181 e. The van der Waals surface area contributed by atoms with Crippen LogP contribution in [0.15, 0.2) is 18.2 Å². The minimum Gasteiger partial charge on any atom is -0.375 e. The SMILES string of the molecule is Nc1nc2ccc(NC=S)cc2s1. The Kier molecular flexibility index (Phi) is 2.12. The van der Waals surface area contributed by atoms with Crippen LogP contribution in [0.1, 0.15) is 0 Å². The van der Waals surface area contributed by atoms with Crippen molar-refractivity contribution >= 4 is 50.1 Å². The highest BCUT2D eigenvalue weighted by Crippen LogP contribution is 2.26. The molecule has 0 fully saturated rings. The third-order valence-corrected chi connectivity index (χ3v) is 2.60. The molecular weight excluding hydrogens is 202 g/mol. The molecule has 0 radical (unpaired) electrons. The minimum atomic E-state index is 0.592. The molecule has 1 aromatic carbocycles. The Morgan fingerprint density at radius 1 is 1.54 bits per heavy atom. The van der Waals surface area contributed by atoms with Crippen molar-refractivity contribution in [1.29, 1.82) is 0 Å². The van der Waals surface area contributed by atoms with Crippen LogP contribution in [0.3, 0.4) is 0 Å². The van der Waals surface area contributed by atoms with Crippen molar-refractivity contribution in [3.63, 3.8) is 0 Å². The lowest BCUT2D eigenvalue weighted by molar-refractivity contribution is 1.50. The van der Waals surface area contributed by atoms with E-state index < -0.39 is 0 Å². The van der Waals surface area contributed by atoms with Gasteiger partial charge in [0.25, 0.3) is 0 Å². The third-order valence-electron chi connectivity index (χ3n) is 1.63. The van der Waals surface area contributed by atoms with Crippen LogP contribution < -0.4 is 11.1 Å². The van der Waals surface area contributed by atoms with Crippen molar-refractivity contribution in [3.8, 4) is 0 Å². The van der Waals surface area contributed by atoms with Crippen molar-refractivity contribution < 1.29 is 0 Å². The topological polar surface area (TPSA) is 50.9 Å². The number of anilines is 2. The van der Waals surface area contributed by atoms with Gasteiger partial charge in [-0.3, -0.25) is 0 Å². The zero-order chi connectivity index (χ0) is 9.26. The quantitative estimate of drug-likeness (QED) is 0.745. The summed E-state index contributed by atoms with van der Waals surface area (Å²) in [6.07, 6.45) is 0. The highest BCUT2D eigenvalue weighted by Gasteiger charge is 2.00. The van der Waals surface area contributed by atoms with Gasteiger partial charge in [-0.15, -0.1) is 0 Å². The van der Waals surface area contributed by atoms with E-state index in [2.05, 4.69) is 22.5 Å². The Hall–Kier alpha value is -1.20. The van der Waals surface area contributed by atoms with Gasteiger partial charge in [0.2, 0.25) is 0 Å². The van der Waals surface area contributed by atoms with E-state index in [0.29, 0.717) is 5.13 Å². The first-order valence-electron chi connectivity index (χ1n) is 3.66. The third kappa shape index (κ3) is 1.61. The molecule has 0 bridgehead atoms. The number of nitrogens with zero attached hydrogens (tertiary/aromatic N) is 1. The highest BCUT2D eigenvalue weighted by atomic mass is 32.1.